The molecule has 0 radical (unpaired) electrons. The molecular weight excluding hydrogens is 338 g/mol. The van der Waals surface area contributed by atoms with Gasteiger partial charge in [0, 0.05) is 11.6 Å². The lowest BCUT2D eigenvalue weighted by Gasteiger charge is -2.07. The number of hydrogen-bond donors (Lipinski definition) is 1. The van der Waals surface area contributed by atoms with E-state index in [4.69, 9.17) is 18.6 Å². The van der Waals surface area contributed by atoms with E-state index in [1.165, 1.54) is 7.11 Å². The highest BCUT2D eigenvalue weighted by atomic mass is 16.5. The topological polar surface area (TPSA) is 95.7 Å². The first-order valence-corrected chi connectivity index (χ1v) is 7.66. The van der Waals surface area contributed by atoms with E-state index in [0.717, 1.165) is 0 Å². The van der Waals surface area contributed by atoms with Crippen molar-refractivity contribution in [1.29, 1.82) is 0 Å². The Bertz CT molecular complexity index is 905. The summed E-state index contributed by atoms with van der Waals surface area (Å²) in [6, 6.07) is 11.8. The minimum absolute atomic E-state index is 0.0151. The Kier molecular flexibility index (Phi) is 5.02. The van der Waals surface area contributed by atoms with Gasteiger partial charge in [0.15, 0.2) is 0 Å². The monoisotopic (exact) mass is 355 g/mol. The Balaban J connectivity index is 1.78. The van der Waals surface area contributed by atoms with Gasteiger partial charge in [-0.25, -0.2) is 0 Å². The van der Waals surface area contributed by atoms with Crippen LogP contribution in [0.2, 0.25) is 0 Å². The molecule has 0 spiro atoms. The van der Waals surface area contributed by atoms with Crippen LogP contribution in [0.4, 0.5) is 6.01 Å². The van der Waals surface area contributed by atoms with Crippen LogP contribution in [0.1, 0.15) is 10.4 Å². The number of nitrogens with one attached hydrogen (secondary N) is 1. The molecule has 8 heteroatoms. The molecule has 3 aromatic rings. The van der Waals surface area contributed by atoms with Gasteiger partial charge in [-0.05, 0) is 36.4 Å². The molecule has 26 heavy (non-hydrogen) atoms. The molecule has 134 valence electrons. The second-order valence-corrected chi connectivity index (χ2v) is 5.16. The third-order valence-corrected chi connectivity index (χ3v) is 3.64. The lowest BCUT2D eigenvalue weighted by Crippen LogP contribution is -2.11. The maximum absolute atomic E-state index is 12.2. The molecule has 0 bridgehead atoms. The van der Waals surface area contributed by atoms with Crippen molar-refractivity contribution in [1.82, 2.24) is 10.2 Å². The zero-order chi connectivity index (χ0) is 18.5. The number of rotatable bonds is 6. The van der Waals surface area contributed by atoms with Gasteiger partial charge in [-0.1, -0.05) is 5.10 Å². The van der Waals surface area contributed by atoms with Gasteiger partial charge in [0.25, 0.3) is 11.8 Å². The van der Waals surface area contributed by atoms with Gasteiger partial charge in [0.2, 0.25) is 0 Å². The molecule has 8 nitrogen and oxygen atoms in total. The van der Waals surface area contributed by atoms with E-state index in [0.29, 0.717) is 28.4 Å². The Hall–Kier alpha value is -3.55. The number of hydrogen-bond acceptors (Lipinski definition) is 7. The van der Waals surface area contributed by atoms with Crippen LogP contribution in [0, 0.1) is 0 Å². The predicted octanol–water partition coefficient (Wildman–Crippen LogP) is 3.01. The Morgan fingerprint density at radius 3 is 2.27 bits per heavy atom. The standard InChI is InChI=1S/C18H17N3O5/c1-23-12-6-4-11(5-7-12)16(22)19-18-21-20-17(26-18)14-9-8-13(24-2)10-15(14)25-3/h4-10H,1-3H3,(H,19,21,22). The predicted molar refractivity (Wildman–Crippen MR) is 93.8 cm³/mol. The summed E-state index contributed by atoms with van der Waals surface area (Å²) in [6.45, 7) is 0. The van der Waals surface area contributed by atoms with Crippen LogP contribution in [0.15, 0.2) is 46.9 Å². The van der Waals surface area contributed by atoms with Crippen LogP contribution < -0.4 is 19.5 Å². The number of anilines is 1. The van der Waals surface area contributed by atoms with Gasteiger partial charge in [0.1, 0.15) is 17.2 Å². The van der Waals surface area contributed by atoms with Gasteiger partial charge in [0.05, 0.1) is 26.9 Å². The van der Waals surface area contributed by atoms with Crippen LogP contribution in [-0.2, 0) is 0 Å². The molecular formula is C18H17N3O5. The Morgan fingerprint density at radius 1 is 0.923 bits per heavy atom. The Labute approximate surface area is 149 Å². The highest BCUT2D eigenvalue weighted by Gasteiger charge is 2.16. The van der Waals surface area contributed by atoms with Crippen molar-refractivity contribution in [2.75, 3.05) is 26.6 Å². The molecule has 0 unspecified atom stereocenters. The van der Waals surface area contributed by atoms with Crippen molar-refractivity contribution in [2.45, 2.75) is 0 Å². The molecule has 1 N–H and O–H groups in total. The average Bonchev–Trinajstić information content (AvgIpc) is 3.15. The molecule has 0 fully saturated rings. The highest BCUT2D eigenvalue weighted by molar-refractivity contribution is 6.03. The zero-order valence-electron chi connectivity index (χ0n) is 14.5. The van der Waals surface area contributed by atoms with Gasteiger partial charge < -0.3 is 18.6 Å². The van der Waals surface area contributed by atoms with E-state index in [1.807, 2.05) is 0 Å². The molecule has 0 aliphatic rings. The number of carbonyl (C=O) groups is 1. The van der Waals surface area contributed by atoms with Crippen molar-refractivity contribution in [3.8, 4) is 28.7 Å². The molecule has 0 aliphatic carbocycles. The van der Waals surface area contributed by atoms with Crippen molar-refractivity contribution < 1.29 is 23.4 Å². The number of methoxy groups -OCH3 is 3. The molecule has 2 aromatic carbocycles. The van der Waals surface area contributed by atoms with Gasteiger partial charge in [-0.15, -0.1) is 5.10 Å². The SMILES string of the molecule is COc1ccc(C(=O)Nc2nnc(-c3ccc(OC)cc3OC)o2)cc1. The van der Waals surface area contributed by atoms with Gasteiger partial charge in [-0.3, -0.25) is 10.1 Å². The molecule has 0 saturated carbocycles. The third-order valence-electron chi connectivity index (χ3n) is 3.64. The normalized spacial score (nSPS) is 10.3. The summed E-state index contributed by atoms with van der Waals surface area (Å²) in [5, 5.41) is 10.4. The number of benzene rings is 2. The first-order valence-electron chi connectivity index (χ1n) is 7.66. The summed E-state index contributed by atoms with van der Waals surface area (Å²) in [5.74, 6) is 1.66. The lowest BCUT2D eigenvalue weighted by atomic mass is 10.2. The number of carbonyl (C=O) groups excluding carboxylic acids is 1. The van der Waals surface area contributed by atoms with Gasteiger partial charge >= 0.3 is 6.01 Å². The molecule has 1 amide bonds. The molecule has 0 aliphatic heterocycles. The summed E-state index contributed by atoms with van der Waals surface area (Å²) in [5.41, 5.74) is 1.03. The quantitative estimate of drug-likeness (QED) is 0.726. The molecule has 0 saturated heterocycles. The fraction of sp³-hybridized carbons (Fsp3) is 0.167. The summed E-state index contributed by atoms with van der Waals surface area (Å²) in [4.78, 5) is 12.2. The van der Waals surface area contributed by atoms with Crippen molar-refractivity contribution in [3.05, 3.63) is 48.0 Å². The fourth-order valence-corrected chi connectivity index (χ4v) is 2.27. The van der Waals surface area contributed by atoms with Crippen LogP contribution in [-0.4, -0.2) is 37.4 Å². The number of ether oxygens (including phenoxy) is 3. The second-order valence-electron chi connectivity index (χ2n) is 5.16. The van der Waals surface area contributed by atoms with Crippen LogP contribution in [0.5, 0.6) is 17.2 Å². The van der Waals surface area contributed by atoms with E-state index in [-0.39, 0.29) is 17.8 Å². The first-order chi connectivity index (χ1) is 12.6. The van der Waals surface area contributed by atoms with Crippen LogP contribution >= 0.6 is 0 Å². The highest BCUT2D eigenvalue weighted by Crippen LogP contribution is 2.33. The summed E-state index contributed by atoms with van der Waals surface area (Å²) in [6.07, 6.45) is 0. The summed E-state index contributed by atoms with van der Waals surface area (Å²) >= 11 is 0. The largest absolute Gasteiger partial charge is 0.497 e. The van der Waals surface area contributed by atoms with Crippen molar-refractivity contribution >= 4 is 11.9 Å². The number of nitrogens with zero attached hydrogens (tertiary/aromatic N) is 2. The van der Waals surface area contributed by atoms with Crippen molar-refractivity contribution in [2.24, 2.45) is 0 Å². The minimum Gasteiger partial charge on any atom is -0.497 e. The van der Waals surface area contributed by atoms with Crippen LogP contribution in [0.25, 0.3) is 11.5 Å². The first kappa shape index (κ1) is 17.3. The van der Waals surface area contributed by atoms with E-state index in [9.17, 15) is 4.79 Å². The molecule has 0 atom stereocenters. The average molecular weight is 355 g/mol. The maximum atomic E-state index is 12.2. The summed E-state index contributed by atoms with van der Waals surface area (Å²) < 4.78 is 21.1. The van der Waals surface area contributed by atoms with Crippen LogP contribution in [0.3, 0.4) is 0 Å². The third kappa shape index (κ3) is 3.59. The fourth-order valence-electron chi connectivity index (χ4n) is 2.27. The smallest absolute Gasteiger partial charge is 0.322 e. The molecule has 1 aromatic heterocycles. The second kappa shape index (κ2) is 7.56. The Morgan fingerprint density at radius 2 is 1.62 bits per heavy atom. The summed E-state index contributed by atoms with van der Waals surface area (Å²) in [7, 11) is 4.65. The number of amides is 1. The minimum atomic E-state index is -0.371. The maximum Gasteiger partial charge on any atom is 0.322 e. The van der Waals surface area contributed by atoms with E-state index in [2.05, 4.69) is 15.5 Å². The number of aromatic nitrogens is 2. The van der Waals surface area contributed by atoms with E-state index in [1.54, 1.807) is 56.7 Å². The zero-order valence-corrected chi connectivity index (χ0v) is 14.5. The van der Waals surface area contributed by atoms with Crippen molar-refractivity contribution in [3.63, 3.8) is 0 Å². The lowest BCUT2D eigenvalue weighted by molar-refractivity contribution is 0.102. The van der Waals surface area contributed by atoms with Gasteiger partial charge in [-0.2, -0.15) is 0 Å². The molecule has 1 heterocycles. The van der Waals surface area contributed by atoms with E-state index >= 15 is 0 Å². The van der Waals surface area contributed by atoms with E-state index < -0.39 is 0 Å². The molecule has 3 rings (SSSR count).